The van der Waals surface area contributed by atoms with E-state index in [1.807, 2.05) is 58.9 Å². The first-order chi connectivity index (χ1) is 14.4. The fourth-order valence-electron chi connectivity index (χ4n) is 3.30. The molecule has 3 rings (SSSR count). The van der Waals surface area contributed by atoms with Gasteiger partial charge in [0.1, 0.15) is 12.1 Å². The molecule has 7 N–H and O–H groups in total. The number of fused-ring (bicyclic) bond motifs is 1. The summed E-state index contributed by atoms with van der Waals surface area (Å²) in [6.45, 7) is 11.7. The summed E-state index contributed by atoms with van der Waals surface area (Å²) in [5.41, 5.74) is 14.0. The number of pyridine rings is 1. The quantitative estimate of drug-likeness (QED) is 0.588. The molecule has 1 amide bonds. The highest BCUT2D eigenvalue weighted by Gasteiger charge is 2.22. The minimum Gasteiger partial charge on any atom is -0.365 e. The van der Waals surface area contributed by atoms with Crippen LogP contribution in [-0.2, 0) is 4.79 Å². The van der Waals surface area contributed by atoms with Crippen molar-refractivity contribution in [3.63, 3.8) is 0 Å². The highest BCUT2D eigenvalue weighted by atomic mass is 16.1. The molecule has 1 aliphatic rings. The van der Waals surface area contributed by atoms with Gasteiger partial charge in [-0.15, -0.1) is 0 Å². The Kier molecular flexibility index (Phi) is 13.3. The average Bonchev–Trinajstić information content (AvgIpc) is 2.76. The van der Waals surface area contributed by atoms with E-state index in [0.29, 0.717) is 17.3 Å². The van der Waals surface area contributed by atoms with Crippen molar-refractivity contribution < 1.29 is 11.0 Å². The summed E-state index contributed by atoms with van der Waals surface area (Å²) >= 11 is 0. The van der Waals surface area contributed by atoms with Crippen molar-refractivity contribution in [3.05, 3.63) is 35.4 Å². The summed E-state index contributed by atoms with van der Waals surface area (Å²) in [6, 6.07) is 8.11. The number of aldehydes is 1. The number of rotatable bonds is 5. The minimum absolute atomic E-state index is 0. The normalized spacial score (nSPS) is 13.5. The first-order valence-corrected chi connectivity index (χ1v) is 11.1. The number of carbonyl (C=O) groups is 2. The van der Waals surface area contributed by atoms with Crippen LogP contribution in [0.2, 0.25) is 0 Å². The van der Waals surface area contributed by atoms with E-state index >= 15 is 0 Å². The van der Waals surface area contributed by atoms with Crippen LogP contribution >= 0.6 is 0 Å². The third-order valence-corrected chi connectivity index (χ3v) is 5.30. The second-order valence-electron chi connectivity index (χ2n) is 7.46. The summed E-state index contributed by atoms with van der Waals surface area (Å²) in [7, 11) is 0. The average molecular weight is 434 g/mol. The van der Waals surface area contributed by atoms with E-state index in [4.69, 9.17) is 11.5 Å². The first kappa shape index (κ1) is 28.5. The van der Waals surface area contributed by atoms with Crippen molar-refractivity contribution in [2.45, 2.75) is 66.3 Å². The maximum atomic E-state index is 11.8. The molecule has 0 unspecified atom stereocenters. The number of hydrogen-bond acceptors (Lipinski definition) is 6. The molecule has 0 bridgehead atoms. The van der Waals surface area contributed by atoms with Crippen LogP contribution in [-0.4, -0.2) is 36.3 Å². The Morgan fingerprint density at radius 3 is 2.26 bits per heavy atom. The number of benzene rings is 1. The van der Waals surface area contributed by atoms with Crippen LogP contribution in [0.5, 0.6) is 0 Å². The van der Waals surface area contributed by atoms with E-state index in [2.05, 4.69) is 9.88 Å². The van der Waals surface area contributed by atoms with Gasteiger partial charge in [0.2, 0.25) is 0 Å². The predicted molar refractivity (Wildman–Crippen MR) is 133 cm³/mol. The number of nitrogens with two attached hydrogens (primary N) is 2. The molecule has 2 aromatic rings. The summed E-state index contributed by atoms with van der Waals surface area (Å²) < 4.78 is 0. The Bertz CT molecular complexity index is 819. The van der Waals surface area contributed by atoms with E-state index in [1.54, 1.807) is 0 Å². The van der Waals surface area contributed by atoms with Crippen molar-refractivity contribution in [2.24, 2.45) is 17.4 Å². The zero-order chi connectivity index (χ0) is 22.7. The predicted octanol–water partition coefficient (Wildman–Crippen LogP) is 4.63. The molecule has 31 heavy (non-hydrogen) atoms. The molecule has 0 spiro atoms. The van der Waals surface area contributed by atoms with E-state index in [1.165, 1.54) is 0 Å². The Morgan fingerprint density at radius 2 is 1.81 bits per heavy atom. The van der Waals surface area contributed by atoms with Gasteiger partial charge in [-0.25, -0.2) is 4.98 Å². The standard InChI is InChI=1S/C16H20N4O.C6H12O.C2H6.H3N.H2/c1-10-2-3-14-11(8-10)9-13(15(18)21)16(19-14)20-6-4-12(17)5-7-20;1-3-6(4-2)5-7;1-2;;/h2-3,8-9,12H,4-7,17H2,1H3,(H2,18,21);5-6H,3-4H2,1-2H3;1-2H3;1H3;1H. The molecule has 1 saturated heterocycles. The highest BCUT2D eigenvalue weighted by Crippen LogP contribution is 2.26. The Labute approximate surface area is 188 Å². The molecule has 0 atom stereocenters. The number of hydrogen-bond donors (Lipinski definition) is 3. The lowest BCUT2D eigenvalue weighted by atomic mass is 10.0. The van der Waals surface area contributed by atoms with Crippen molar-refractivity contribution in [3.8, 4) is 0 Å². The summed E-state index contributed by atoms with van der Waals surface area (Å²) in [5.74, 6) is 0.557. The van der Waals surface area contributed by atoms with Crippen LogP contribution < -0.4 is 22.5 Å². The molecule has 1 aromatic carbocycles. The number of aryl methyl sites for hydroxylation is 1. The van der Waals surface area contributed by atoms with Gasteiger partial charge < -0.3 is 27.3 Å². The lowest BCUT2D eigenvalue weighted by molar-refractivity contribution is -0.111. The molecule has 1 fully saturated rings. The second-order valence-corrected chi connectivity index (χ2v) is 7.46. The first-order valence-electron chi connectivity index (χ1n) is 11.1. The van der Waals surface area contributed by atoms with E-state index in [0.717, 1.165) is 61.5 Å². The van der Waals surface area contributed by atoms with E-state index < -0.39 is 5.91 Å². The maximum absolute atomic E-state index is 11.8. The van der Waals surface area contributed by atoms with Crippen molar-refractivity contribution in [2.75, 3.05) is 18.0 Å². The summed E-state index contributed by atoms with van der Waals surface area (Å²) in [5, 5.41) is 0.946. The van der Waals surface area contributed by atoms with Gasteiger partial charge >= 0.3 is 0 Å². The van der Waals surface area contributed by atoms with Crippen LogP contribution in [0.4, 0.5) is 5.82 Å². The lowest BCUT2D eigenvalue weighted by Gasteiger charge is -2.32. The Hall–Kier alpha value is -2.51. The van der Waals surface area contributed by atoms with Crippen molar-refractivity contribution >= 4 is 28.9 Å². The Morgan fingerprint density at radius 1 is 1.23 bits per heavy atom. The monoisotopic (exact) mass is 433 g/mol. The minimum atomic E-state index is -0.434. The molecule has 0 radical (unpaired) electrons. The van der Waals surface area contributed by atoms with Gasteiger partial charge in [-0.1, -0.05) is 39.3 Å². The van der Waals surface area contributed by atoms with Crippen LogP contribution in [0.25, 0.3) is 10.9 Å². The molecule has 0 saturated carbocycles. The van der Waals surface area contributed by atoms with Crippen LogP contribution in [0.3, 0.4) is 0 Å². The molecular formula is C24H43N5O2. The topological polar surface area (TPSA) is 137 Å². The number of piperidine rings is 1. The van der Waals surface area contributed by atoms with Crippen molar-refractivity contribution in [1.82, 2.24) is 11.1 Å². The van der Waals surface area contributed by atoms with Crippen molar-refractivity contribution in [1.29, 1.82) is 0 Å². The number of nitrogens with zero attached hydrogens (tertiary/aromatic N) is 2. The van der Waals surface area contributed by atoms with Gasteiger partial charge in [-0.05, 0) is 50.8 Å². The van der Waals surface area contributed by atoms with Crippen LogP contribution in [0, 0.1) is 12.8 Å². The van der Waals surface area contributed by atoms with Gasteiger partial charge in [-0.3, -0.25) is 4.79 Å². The largest absolute Gasteiger partial charge is 0.365 e. The van der Waals surface area contributed by atoms with Gasteiger partial charge in [0, 0.05) is 31.9 Å². The molecule has 2 heterocycles. The third-order valence-electron chi connectivity index (χ3n) is 5.30. The number of amides is 1. The molecule has 7 heteroatoms. The lowest BCUT2D eigenvalue weighted by Crippen LogP contribution is -2.41. The maximum Gasteiger partial charge on any atom is 0.252 e. The summed E-state index contributed by atoms with van der Waals surface area (Å²) in [4.78, 5) is 28.5. The van der Waals surface area contributed by atoms with E-state index in [-0.39, 0.29) is 13.6 Å². The zero-order valence-electron chi connectivity index (χ0n) is 19.9. The molecule has 0 aliphatic carbocycles. The fraction of sp³-hybridized carbons (Fsp3) is 0.542. The SMILES string of the molecule is CC.CCC(C=O)CC.Cc1ccc2nc(N3CCC(N)CC3)c(C(N)=O)cc2c1.N.[HH]. The number of aromatic nitrogens is 1. The second kappa shape index (κ2) is 14.5. The van der Waals surface area contributed by atoms with Crippen LogP contribution in [0.15, 0.2) is 24.3 Å². The van der Waals surface area contributed by atoms with Gasteiger partial charge in [0.05, 0.1) is 11.1 Å². The van der Waals surface area contributed by atoms with E-state index in [9.17, 15) is 9.59 Å². The molecular weight excluding hydrogens is 390 g/mol. The number of carbonyl (C=O) groups excluding carboxylic acids is 2. The number of anilines is 1. The molecule has 7 nitrogen and oxygen atoms in total. The summed E-state index contributed by atoms with van der Waals surface area (Å²) in [6.07, 6.45) is 4.82. The van der Waals surface area contributed by atoms with Gasteiger partial charge in [-0.2, -0.15) is 0 Å². The Balaban J connectivity index is 0. The molecule has 176 valence electrons. The molecule has 1 aromatic heterocycles. The van der Waals surface area contributed by atoms with Gasteiger partial charge in [0.15, 0.2) is 0 Å². The highest BCUT2D eigenvalue weighted by molar-refractivity contribution is 6.01. The van der Waals surface area contributed by atoms with Crippen LogP contribution in [0.1, 0.15) is 70.7 Å². The zero-order valence-corrected chi connectivity index (χ0v) is 19.9. The smallest absolute Gasteiger partial charge is 0.252 e. The van der Waals surface area contributed by atoms with Gasteiger partial charge in [0.25, 0.3) is 5.91 Å². The number of primary amides is 1. The third kappa shape index (κ3) is 8.26. The fourth-order valence-corrected chi connectivity index (χ4v) is 3.30. The molecule has 1 aliphatic heterocycles.